The normalized spacial score (nSPS) is 11.0. The summed E-state index contributed by atoms with van der Waals surface area (Å²) in [6.45, 7) is 4.30. The van der Waals surface area contributed by atoms with E-state index in [2.05, 4.69) is 27.8 Å². The molecule has 0 heterocycles. The topological polar surface area (TPSA) is 29.3 Å². The van der Waals surface area contributed by atoms with Crippen LogP contribution in [0.1, 0.15) is 18.1 Å². The van der Waals surface area contributed by atoms with Gasteiger partial charge in [0.2, 0.25) is 0 Å². The lowest BCUT2D eigenvalue weighted by Gasteiger charge is -2.21. The SMILES string of the molecule is CCN(Cc1ccc(N)cc1)Cc1cc(Br)ccc1F. The third-order valence-corrected chi connectivity index (χ3v) is 3.73. The van der Waals surface area contributed by atoms with Crippen LogP contribution in [0.2, 0.25) is 0 Å². The molecule has 20 heavy (non-hydrogen) atoms. The van der Waals surface area contributed by atoms with Crippen molar-refractivity contribution in [1.82, 2.24) is 4.90 Å². The molecule has 0 fully saturated rings. The quantitative estimate of drug-likeness (QED) is 0.829. The Morgan fingerprint density at radius 2 is 1.80 bits per heavy atom. The number of nitrogens with two attached hydrogens (primary N) is 1. The molecule has 0 aliphatic carbocycles. The van der Waals surface area contributed by atoms with Crippen LogP contribution in [0.15, 0.2) is 46.9 Å². The molecule has 0 bridgehead atoms. The second-order valence-electron chi connectivity index (χ2n) is 4.78. The fourth-order valence-corrected chi connectivity index (χ4v) is 2.47. The van der Waals surface area contributed by atoms with Gasteiger partial charge < -0.3 is 5.73 Å². The maximum absolute atomic E-state index is 13.8. The minimum atomic E-state index is -0.163. The summed E-state index contributed by atoms with van der Waals surface area (Å²) >= 11 is 3.38. The molecule has 2 aromatic rings. The van der Waals surface area contributed by atoms with Crippen molar-refractivity contribution in [1.29, 1.82) is 0 Å². The third-order valence-electron chi connectivity index (χ3n) is 3.23. The lowest BCUT2D eigenvalue weighted by atomic mass is 10.1. The zero-order chi connectivity index (χ0) is 14.5. The number of anilines is 1. The summed E-state index contributed by atoms with van der Waals surface area (Å²) < 4.78 is 14.7. The van der Waals surface area contributed by atoms with Crippen molar-refractivity contribution < 1.29 is 4.39 Å². The predicted octanol–water partition coefficient (Wildman–Crippen LogP) is 4.19. The number of nitrogens with zero attached hydrogens (tertiary/aromatic N) is 1. The Kier molecular flexibility index (Phi) is 5.15. The van der Waals surface area contributed by atoms with Gasteiger partial charge in [0.15, 0.2) is 0 Å². The zero-order valence-electron chi connectivity index (χ0n) is 11.4. The average Bonchev–Trinajstić information content (AvgIpc) is 2.44. The summed E-state index contributed by atoms with van der Waals surface area (Å²) in [6.07, 6.45) is 0. The highest BCUT2D eigenvalue weighted by Gasteiger charge is 2.09. The van der Waals surface area contributed by atoms with Crippen molar-refractivity contribution in [3.63, 3.8) is 0 Å². The molecule has 2 N–H and O–H groups in total. The number of rotatable bonds is 5. The fraction of sp³-hybridized carbons (Fsp3) is 0.250. The molecule has 0 spiro atoms. The van der Waals surface area contributed by atoms with Crippen molar-refractivity contribution in [3.05, 3.63) is 63.9 Å². The zero-order valence-corrected chi connectivity index (χ0v) is 13.0. The lowest BCUT2D eigenvalue weighted by molar-refractivity contribution is 0.267. The van der Waals surface area contributed by atoms with Crippen molar-refractivity contribution in [2.45, 2.75) is 20.0 Å². The summed E-state index contributed by atoms with van der Waals surface area (Å²) in [7, 11) is 0. The van der Waals surface area contributed by atoms with E-state index in [4.69, 9.17) is 5.73 Å². The molecule has 0 radical (unpaired) electrons. The molecule has 0 atom stereocenters. The Balaban J connectivity index is 2.08. The van der Waals surface area contributed by atoms with Gasteiger partial charge in [-0.25, -0.2) is 4.39 Å². The molecule has 2 nitrogen and oxygen atoms in total. The van der Waals surface area contributed by atoms with E-state index in [-0.39, 0.29) is 5.82 Å². The summed E-state index contributed by atoms with van der Waals surface area (Å²) in [6, 6.07) is 12.8. The van der Waals surface area contributed by atoms with Gasteiger partial charge in [0.1, 0.15) is 5.82 Å². The van der Waals surface area contributed by atoms with Crippen LogP contribution in [-0.4, -0.2) is 11.4 Å². The van der Waals surface area contributed by atoms with Crippen LogP contribution >= 0.6 is 15.9 Å². The molecule has 0 saturated heterocycles. The first kappa shape index (κ1) is 15.0. The summed E-state index contributed by atoms with van der Waals surface area (Å²) in [4.78, 5) is 2.19. The van der Waals surface area contributed by atoms with Gasteiger partial charge in [0, 0.05) is 28.8 Å². The van der Waals surface area contributed by atoms with Gasteiger partial charge in [-0.15, -0.1) is 0 Å². The summed E-state index contributed by atoms with van der Waals surface area (Å²) in [5, 5.41) is 0. The van der Waals surface area contributed by atoms with E-state index in [1.807, 2.05) is 30.3 Å². The molecular weight excluding hydrogens is 319 g/mol. The number of nitrogen functional groups attached to an aromatic ring is 1. The van der Waals surface area contributed by atoms with Crippen LogP contribution in [0.5, 0.6) is 0 Å². The van der Waals surface area contributed by atoms with E-state index < -0.39 is 0 Å². The fourth-order valence-electron chi connectivity index (χ4n) is 2.07. The average molecular weight is 337 g/mol. The van der Waals surface area contributed by atoms with Crippen LogP contribution < -0.4 is 5.73 Å². The highest BCUT2D eigenvalue weighted by molar-refractivity contribution is 9.10. The van der Waals surface area contributed by atoms with Crippen LogP contribution in [-0.2, 0) is 13.1 Å². The smallest absolute Gasteiger partial charge is 0.127 e. The first-order valence-electron chi connectivity index (χ1n) is 6.59. The maximum atomic E-state index is 13.8. The molecule has 106 valence electrons. The summed E-state index contributed by atoms with van der Waals surface area (Å²) in [5.74, 6) is -0.163. The van der Waals surface area contributed by atoms with E-state index in [1.165, 1.54) is 11.6 Å². The second kappa shape index (κ2) is 6.86. The molecule has 0 aliphatic rings. The maximum Gasteiger partial charge on any atom is 0.127 e. The van der Waals surface area contributed by atoms with Crippen molar-refractivity contribution >= 4 is 21.6 Å². The number of hydrogen-bond donors (Lipinski definition) is 1. The largest absolute Gasteiger partial charge is 0.399 e. The van der Waals surface area contributed by atoms with Gasteiger partial charge in [-0.1, -0.05) is 35.0 Å². The van der Waals surface area contributed by atoms with Crippen LogP contribution in [0, 0.1) is 5.82 Å². The van der Waals surface area contributed by atoms with Crippen molar-refractivity contribution in [2.75, 3.05) is 12.3 Å². The first-order chi connectivity index (χ1) is 9.58. The molecular formula is C16H18BrFN2. The highest BCUT2D eigenvalue weighted by atomic mass is 79.9. The standard InChI is InChI=1S/C16H18BrFN2/c1-2-20(10-12-3-6-15(19)7-4-12)11-13-9-14(17)5-8-16(13)18/h3-9H,2,10-11,19H2,1H3. The van der Waals surface area contributed by atoms with Gasteiger partial charge in [-0.05, 0) is 42.4 Å². The van der Waals surface area contributed by atoms with Gasteiger partial charge in [0.25, 0.3) is 0 Å². The molecule has 0 saturated carbocycles. The molecule has 0 aliphatic heterocycles. The highest BCUT2D eigenvalue weighted by Crippen LogP contribution is 2.18. The van der Waals surface area contributed by atoms with Gasteiger partial charge in [0.05, 0.1) is 0 Å². The number of hydrogen-bond acceptors (Lipinski definition) is 2. The van der Waals surface area contributed by atoms with E-state index in [0.717, 1.165) is 23.2 Å². The van der Waals surface area contributed by atoms with Crippen molar-refractivity contribution in [3.8, 4) is 0 Å². The van der Waals surface area contributed by atoms with Crippen LogP contribution in [0.4, 0.5) is 10.1 Å². The van der Waals surface area contributed by atoms with Gasteiger partial charge in [-0.3, -0.25) is 4.90 Å². The molecule has 0 aromatic heterocycles. The monoisotopic (exact) mass is 336 g/mol. The number of benzene rings is 2. The first-order valence-corrected chi connectivity index (χ1v) is 7.38. The third kappa shape index (κ3) is 4.05. The number of halogens is 2. The Labute approximate surface area is 127 Å². The van der Waals surface area contributed by atoms with E-state index in [9.17, 15) is 4.39 Å². The molecule has 0 unspecified atom stereocenters. The van der Waals surface area contributed by atoms with E-state index in [1.54, 1.807) is 6.07 Å². The summed E-state index contributed by atoms with van der Waals surface area (Å²) in [5.41, 5.74) is 8.32. The molecule has 2 rings (SSSR count). The molecule has 2 aromatic carbocycles. The Morgan fingerprint density at radius 3 is 2.45 bits per heavy atom. The Bertz CT molecular complexity index is 569. The minimum Gasteiger partial charge on any atom is -0.399 e. The van der Waals surface area contributed by atoms with Gasteiger partial charge in [-0.2, -0.15) is 0 Å². The Morgan fingerprint density at radius 1 is 1.10 bits per heavy atom. The second-order valence-corrected chi connectivity index (χ2v) is 5.70. The van der Waals surface area contributed by atoms with Gasteiger partial charge >= 0.3 is 0 Å². The predicted molar refractivity (Wildman–Crippen MR) is 84.7 cm³/mol. The van der Waals surface area contributed by atoms with Crippen LogP contribution in [0.25, 0.3) is 0 Å². The van der Waals surface area contributed by atoms with E-state index >= 15 is 0 Å². The Hall–Kier alpha value is -1.39. The van der Waals surface area contributed by atoms with E-state index in [0.29, 0.717) is 12.1 Å². The lowest BCUT2D eigenvalue weighted by Crippen LogP contribution is -2.22. The molecule has 0 amide bonds. The molecule has 4 heteroatoms. The van der Waals surface area contributed by atoms with Crippen LogP contribution in [0.3, 0.4) is 0 Å². The van der Waals surface area contributed by atoms with Crippen molar-refractivity contribution in [2.24, 2.45) is 0 Å². The minimum absolute atomic E-state index is 0.163.